The van der Waals surface area contributed by atoms with Crippen LogP contribution < -0.4 is 10.6 Å². The molecule has 1 aromatic carbocycles. The van der Waals surface area contributed by atoms with E-state index in [2.05, 4.69) is 70.0 Å². The van der Waals surface area contributed by atoms with Crippen LogP contribution in [0.15, 0.2) is 35.5 Å². The summed E-state index contributed by atoms with van der Waals surface area (Å²) in [7, 11) is 3.80. The number of nitrogens with one attached hydrogen (secondary N) is 3. The summed E-state index contributed by atoms with van der Waals surface area (Å²) >= 11 is 0. The fourth-order valence-corrected chi connectivity index (χ4v) is 3.36. The molecule has 0 bridgehead atoms. The van der Waals surface area contributed by atoms with Gasteiger partial charge in [0.2, 0.25) is 0 Å². The fourth-order valence-electron chi connectivity index (χ4n) is 3.36. The van der Waals surface area contributed by atoms with Crippen LogP contribution in [0.4, 0.5) is 0 Å². The Morgan fingerprint density at radius 1 is 1.15 bits per heavy atom. The molecule has 0 unspecified atom stereocenters. The summed E-state index contributed by atoms with van der Waals surface area (Å²) < 4.78 is 1.94. The van der Waals surface area contributed by atoms with Crippen molar-refractivity contribution in [3.05, 3.63) is 53.0 Å². The maximum absolute atomic E-state index is 4.47. The summed E-state index contributed by atoms with van der Waals surface area (Å²) in [5, 5.41) is 12.6. The van der Waals surface area contributed by atoms with Crippen molar-refractivity contribution in [2.24, 2.45) is 12.0 Å². The monoisotopic (exact) mass is 352 g/mol. The molecule has 0 aliphatic carbocycles. The van der Waals surface area contributed by atoms with Crippen molar-refractivity contribution in [2.75, 3.05) is 20.1 Å². The number of aromatic amines is 1. The third kappa shape index (κ3) is 3.90. The van der Waals surface area contributed by atoms with Crippen molar-refractivity contribution in [2.45, 2.75) is 26.7 Å². The molecule has 2 aromatic heterocycles. The third-order valence-electron chi connectivity index (χ3n) is 4.91. The van der Waals surface area contributed by atoms with Gasteiger partial charge in [0.05, 0.1) is 5.69 Å². The number of aryl methyl sites for hydroxylation is 2. The molecule has 138 valence electrons. The van der Waals surface area contributed by atoms with E-state index in [1.807, 2.05) is 18.8 Å². The van der Waals surface area contributed by atoms with Crippen LogP contribution in [0.1, 0.15) is 22.5 Å². The maximum Gasteiger partial charge on any atom is 0.190 e. The molecule has 0 spiro atoms. The number of nitrogens with zero attached hydrogens (tertiary/aromatic N) is 3. The number of rotatable bonds is 6. The Morgan fingerprint density at radius 3 is 2.58 bits per heavy atom. The van der Waals surface area contributed by atoms with Gasteiger partial charge in [-0.25, -0.2) is 0 Å². The fraction of sp³-hybridized carbons (Fsp3) is 0.400. The van der Waals surface area contributed by atoms with Crippen molar-refractivity contribution in [3.8, 4) is 0 Å². The molecule has 0 atom stereocenters. The van der Waals surface area contributed by atoms with Crippen LogP contribution in [0.25, 0.3) is 10.9 Å². The van der Waals surface area contributed by atoms with Gasteiger partial charge in [-0.05, 0) is 43.9 Å². The van der Waals surface area contributed by atoms with Crippen molar-refractivity contribution in [3.63, 3.8) is 0 Å². The lowest BCUT2D eigenvalue weighted by molar-refractivity contribution is 0.728. The minimum absolute atomic E-state index is 0.833. The Hall–Kier alpha value is -2.76. The lowest BCUT2D eigenvalue weighted by atomic mass is 10.1. The van der Waals surface area contributed by atoms with Crippen LogP contribution in [-0.4, -0.2) is 40.9 Å². The van der Waals surface area contributed by atoms with Crippen molar-refractivity contribution < 1.29 is 0 Å². The smallest absolute Gasteiger partial charge is 0.190 e. The zero-order chi connectivity index (χ0) is 18.5. The first-order valence-corrected chi connectivity index (χ1v) is 9.08. The highest BCUT2D eigenvalue weighted by Gasteiger charge is 2.09. The minimum atomic E-state index is 0.833. The molecule has 0 saturated carbocycles. The van der Waals surface area contributed by atoms with Crippen LogP contribution in [0, 0.1) is 13.8 Å². The predicted octanol–water partition coefficient (Wildman–Crippen LogP) is 2.47. The van der Waals surface area contributed by atoms with E-state index in [1.165, 1.54) is 27.7 Å². The minimum Gasteiger partial charge on any atom is -0.361 e. The first-order valence-electron chi connectivity index (χ1n) is 9.08. The summed E-state index contributed by atoms with van der Waals surface area (Å²) in [6, 6.07) is 8.40. The van der Waals surface area contributed by atoms with Crippen LogP contribution in [0.3, 0.4) is 0 Å². The van der Waals surface area contributed by atoms with E-state index < -0.39 is 0 Å². The maximum atomic E-state index is 4.47. The average molecular weight is 352 g/mol. The number of hydrogen-bond acceptors (Lipinski definition) is 2. The molecule has 3 N–H and O–H groups in total. The highest BCUT2D eigenvalue weighted by atomic mass is 15.3. The van der Waals surface area contributed by atoms with Crippen molar-refractivity contribution in [1.82, 2.24) is 25.4 Å². The quantitative estimate of drug-likeness (QED) is 0.471. The summed E-state index contributed by atoms with van der Waals surface area (Å²) in [4.78, 5) is 7.64. The second-order valence-corrected chi connectivity index (χ2v) is 6.56. The molecule has 26 heavy (non-hydrogen) atoms. The van der Waals surface area contributed by atoms with Gasteiger partial charge < -0.3 is 15.6 Å². The molecule has 0 saturated heterocycles. The third-order valence-corrected chi connectivity index (χ3v) is 4.91. The first kappa shape index (κ1) is 18.0. The largest absolute Gasteiger partial charge is 0.361 e. The molecule has 0 fully saturated rings. The van der Waals surface area contributed by atoms with Gasteiger partial charge in [0.1, 0.15) is 0 Å². The van der Waals surface area contributed by atoms with Crippen LogP contribution in [-0.2, 0) is 19.9 Å². The predicted molar refractivity (Wildman–Crippen MR) is 108 cm³/mol. The van der Waals surface area contributed by atoms with Gasteiger partial charge >= 0.3 is 0 Å². The van der Waals surface area contributed by atoms with Gasteiger partial charge in [-0.1, -0.05) is 18.2 Å². The van der Waals surface area contributed by atoms with E-state index in [0.29, 0.717) is 0 Å². The molecular formula is C20H28N6. The standard InChI is InChI=1S/C20H28N6/c1-14-17(15(2)26(4)25-14)10-12-23-20(21-3)22-11-9-16-13-24-19-8-6-5-7-18(16)19/h5-8,13,24H,9-12H2,1-4H3,(H2,21,22,23). The molecule has 0 aliphatic heterocycles. The normalized spacial score (nSPS) is 11.9. The Morgan fingerprint density at radius 2 is 1.88 bits per heavy atom. The summed E-state index contributed by atoms with van der Waals surface area (Å²) in [6.45, 7) is 5.85. The number of para-hydroxylation sites is 1. The Balaban J connectivity index is 1.48. The van der Waals surface area contributed by atoms with E-state index in [9.17, 15) is 0 Å². The molecule has 3 aromatic rings. The Bertz CT molecular complexity index is 902. The molecular weight excluding hydrogens is 324 g/mol. The molecule has 2 heterocycles. The molecule has 6 heteroatoms. The topological polar surface area (TPSA) is 70.0 Å². The molecule has 3 rings (SSSR count). The van der Waals surface area contributed by atoms with Crippen LogP contribution >= 0.6 is 0 Å². The first-order chi connectivity index (χ1) is 12.6. The summed E-state index contributed by atoms with van der Waals surface area (Å²) in [5.74, 6) is 0.837. The highest BCUT2D eigenvalue weighted by Crippen LogP contribution is 2.17. The summed E-state index contributed by atoms with van der Waals surface area (Å²) in [6.07, 6.45) is 3.98. The average Bonchev–Trinajstić information content (AvgIpc) is 3.16. The number of hydrogen-bond donors (Lipinski definition) is 3. The Labute approximate surface area is 154 Å². The number of fused-ring (bicyclic) bond motifs is 1. The van der Waals surface area contributed by atoms with E-state index in [1.54, 1.807) is 0 Å². The zero-order valence-electron chi connectivity index (χ0n) is 16.1. The lowest BCUT2D eigenvalue weighted by Gasteiger charge is -2.12. The number of H-pyrrole nitrogens is 1. The molecule has 0 radical (unpaired) electrons. The van der Waals surface area contributed by atoms with E-state index in [0.717, 1.165) is 37.6 Å². The van der Waals surface area contributed by atoms with Gasteiger partial charge in [-0.15, -0.1) is 0 Å². The molecule has 6 nitrogen and oxygen atoms in total. The zero-order valence-corrected chi connectivity index (χ0v) is 16.1. The van der Waals surface area contributed by atoms with Gasteiger partial charge in [-0.3, -0.25) is 9.67 Å². The number of aliphatic imine (C=N–C) groups is 1. The van der Waals surface area contributed by atoms with Gasteiger partial charge in [0, 0.05) is 50.0 Å². The van der Waals surface area contributed by atoms with E-state index >= 15 is 0 Å². The van der Waals surface area contributed by atoms with Crippen LogP contribution in [0.2, 0.25) is 0 Å². The van der Waals surface area contributed by atoms with E-state index in [-0.39, 0.29) is 0 Å². The van der Waals surface area contributed by atoms with Crippen LogP contribution in [0.5, 0.6) is 0 Å². The van der Waals surface area contributed by atoms with Gasteiger partial charge in [0.25, 0.3) is 0 Å². The second kappa shape index (κ2) is 8.08. The van der Waals surface area contributed by atoms with Gasteiger partial charge in [0.15, 0.2) is 5.96 Å². The van der Waals surface area contributed by atoms with E-state index in [4.69, 9.17) is 0 Å². The van der Waals surface area contributed by atoms with Crippen molar-refractivity contribution in [1.29, 1.82) is 0 Å². The number of aromatic nitrogens is 3. The SMILES string of the molecule is CN=C(NCCc1c(C)nn(C)c1C)NCCc1c[nH]c2ccccc12. The lowest BCUT2D eigenvalue weighted by Crippen LogP contribution is -2.39. The number of guanidine groups is 1. The summed E-state index contributed by atoms with van der Waals surface area (Å²) in [5.41, 5.74) is 6.16. The molecule has 0 aliphatic rings. The second-order valence-electron chi connectivity index (χ2n) is 6.56. The van der Waals surface area contributed by atoms with Gasteiger partial charge in [-0.2, -0.15) is 5.10 Å². The highest BCUT2D eigenvalue weighted by molar-refractivity contribution is 5.83. The Kier molecular flexibility index (Phi) is 5.61. The van der Waals surface area contributed by atoms with Crippen molar-refractivity contribution >= 4 is 16.9 Å². The number of benzene rings is 1. The molecule has 0 amide bonds.